The minimum absolute atomic E-state index is 0.0951. The maximum atomic E-state index is 12.5. The number of hydrogen-bond acceptors (Lipinski definition) is 9. The molecule has 12 heteroatoms. The standard InChI is InChI=1S/C14H15N5O5S2/c1-5-6(13(22)23)3-19-11(21)9(12(19)26-5)17-10(20)8(18-24-2)7-4-25-14(15)16-7/h3-5,9,12H,1-2H3,(H2,15,16)(H,17,20)(H,22,23)/t5?,9?,12-/m1/s1. The van der Waals surface area contributed by atoms with Crippen LogP contribution in [0.2, 0.25) is 0 Å². The summed E-state index contributed by atoms with van der Waals surface area (Å²) in [5.74, 6) is -2.09. The summed E-state index contributed by atoms with van der Waals surface area (Å²) in [7, 11) is 1.29. The summed E-state index contributed by atoms with van der Waals surface area (Å²) >= 11 is 2.43. The lowest BCUT2D eigenvalue weighted by Crippen LogP contribution is -2.69. The number of fused-ring (bicyclic) bond motifs is 1. The Labute approximate surface area is 156 Å². The van der Waals surface area contributed by atoms with Gasteiger partial charge in [0.2, 0.25) is 0 Å². The summed E-state index contributed by atoms with van der Waals surface area (Å²) < 4.78 is 0. The smallest absolute Gasteiger partial charge is 0.334 e. The van der Waals surface area contributed by atoms with Crippen LogP contribution in [-0.4, -0.2) is 62.3 Å². The Balaban J connectivity index is 1.76. The lowest BCUT2D eigenvalue weighted by Gasteiger charge is -2.48. The number of β-lactam (4-membered cyclic amide) rings is 1. The SMILES string of the molecule is CON=C(C(=O)NC1C(=O)N2C=C(C(=O)O)C(C)S[C@H]12)c1csc(N)n1. The summed E-state index contributed by atoms with van der Waals surface area (Å²) in [6, 6.07) is -0.792. The molecule has 2 aliphatic rings. The van der Waals surface area contributed by atoms with E-state index in [4.69, 9.17) is 10.8 Å². The van der Waals surface area contributed by atoms with Crippen LogP contribution >= 0.6 is 23.1 Å². The van der Waals surface area contributed by atoms with Gasteiger partial charge in [-0.25, -0.2) is 9.78 Å². The molecule has 1 saturated heterocycles. The van der Waals surface area contributed by atoms with Gasteiger partial charge in [-0.15, -0.1) is 23.1 Å². The van der Waals surface area contributed by atoms with E-state index in [1.807, 2.05) is 0 Å². The van der Waals surface area contributed by atoms with Gasteiger partial charge in [0.05, 0.1) is 5.57 Å². The maximum absolute atomic E-state index is 12.5. The largest absolute Gasteiger partial charge is 0.478 e. The second-order valence-corrected chi connectivity index (χ2v) is 7.80. The zero-order valence-corrected chi connectivity index (χ0v) is 15.3. The first-order chi connectivity index (χ1) is 12.3. The van der Waals surface area contributed by atoms with Gasteiger partial charge >= 0.3 is 5.97 Å². The van der Waals surface area contributed by atoms with Gasteiger partial charge in [-0.05, 0) is 6.92 Å². The molecule has 3 heterocycles. The fraction of sp³-hybridized carbons (Fsp3) is 0.357. The van der Waals surface area contributed by atoms with Gasteiger partial charge in [0.25, 0.3) is 11.8 Å². The summed E-state index contributed by atoms with van der Waals surface area (Å²) in [5, 5.41) is 16.6. The van der Waals surface area contributed by atoms with Crippen LogP contribution in [0, 0.1) is 0 Å². The molecular formula is C14H15N5O5S2. The van der Waals surface area contributed by atoms with Crippen LogP contribution < -0.4 is 11.1 Å². The molecule has 0 aliphatic carbocycles. The van der Waals surface area contributed by atoms with E-state index in [-0.39, 0.29) is 32.7 Å². The molecule has 0 radical (unpaired) electrons. The van der Waals surface area contributed by atoms with Crippen molar-refractivity contribution in [2.24, 2.45) is 5.16 Å². The summed E-state index contributed by atoms with van der Waals surface area (Å²) in [6.45, 7) is 1.74. The number of oxime groups is 1. The molecule has 3 rings (SSSR count). The Morgan fingerprint density at radius 2 is 2.23 bits per heavy atom. The molecule has 0 saturated carbocycles. The van der Waals surface area contributed by atoms with Gasteiger partial charge in [-0.2, -0.15) is 0 Å². The van der Waals surface area contributed by atoms with Crippen LogP contribution in [0.1, 0.15) is 12.6 Å². The van der Waals surface area contributed by atoms with E-state index in [1.165, 1.54) is 30.0 Å². The Kier molecular flexibility index (Phi) is 4.87. The molecule has 1 fully saturated rings. The molecule has 0 bridgehead atoms. The number of amides is 2. The molecule has 10 nitrogen and oxygen atoms in total. The number of nitrogen functional groups attached to an aromatic ring is 1. The molecule has 2 aliphatic heterocycles. The highest BCUT2D eigenvalue weighted by molar-refractivity contribution is 8.00. The van der Waals surface area contributed by atoms with E-state index in [9.17, 15) is 14.4 Å². The number of nitrogens with one attached hydrogen (secondary N) is 1. The van der Waals surface area contributed by atoms with Gasteiger partial charge in [0, 0.05) is 16.8 Å². The lowest BCUT2D eigenvalue weighted by molar-refractivity contribution is -0.144. The summed E-state index contributed by atoms with van der Waals surface area (Å²) in [6.07, 6.45) is 1.32. The van der Waals surface area contributed by atoms with E-state index < -0.39 is 23.8 Å². The molecule has 0 aromatic carbocycles. The molecule has 138 valence electrons. The Bertz CT molecular complexity index is 835. The van der Waals surface area contributed by atoms with E-state index >= 15 is 0 Å². The summed E-state index contributed by atoms with van der Waals surface area (Å²) in [5.41, 5.74) is 5.87. The third-order valence-electron chi connectivity index (χ3n) is 3.84. The number of thioether (sulfide) groups is 1. The van der Waals surface area contributed by atoms with Gasteiger partial charge in [0.15, 0.2) is 10.8 Å². The molecule has 1 aromatic heterocycles. The number of hydrogen-bond donors (Lipinski definition) is 3. The highest BCUT2D eigenvalue weighted by Crippen LogP contribution is 2.40. The number of aliphatic carboxylic acids is 1. The van der Waals surface area contributed by atoms with Crippen LogP contribution in [0.4, 0.5) is 5.13 Å². The number of nitrogens with zero attached hydrogens (tertiary/aromatic N) is 3. The highest BCUT2D eigenvalue weighted by atomic mass is 32.2. The van der Waals surface area contributed by atoms with Crippen molar-refractivity contribution in [3.8, 4) is 0 Å². The van der Waals surface area contributed by atoms with Gasteiger partial charge in [-0.3, -0.25) is 9.59 Å². The predicted molar refractivity (Wildman–Crippen MR) is 95.4 cm³/mol. The zero-order valence-electron chi connectivity index (χ0n) is 13.7. The highest BCUT2D eigenvalue weighted by Gasteiger charge is 2.51. The van der Waals surface area contributed by atoms with Crippen molar-refractivity contribution in [3.05, 3.63) is 22.8 Å². The van der Waals surface area contributed by atoms with Crippen LogP contribution in [-0.2, 0) is 19.2 Å². The van der Waals surface area contributed by atoms with Crippen molar-refractivity contribution in [2.75, 3.05) is 12.8 Å². The average molecular weight is 397 g/mol. The lowest BCUT2D eigenvalue weighted by atomic mass is 10.1. The Morgan fingerprint density at radius 3 is 2.81 bits per heavy atom. The number of aromatic nitrogens is 1. The van der Waals surface area contributed by atoms with Gasteiger partial charge in [0.1, 0.15) is 24.2 Å². The number of thiazole rings is 1. The number of carboxylic acid groups (broad SMARTS) is 1. The number of anilines is 1. The van der Waals surface area contributed by atoms with E-state index in [1.54, 1.807) is 12.3 Å². The number of nitrogens with two attached hydrogens (primary N) is 1. The Morgan fingerprint density at radius 1 is 1.50 bits per heavy atom. The van der Waals surface area contributed by atoms with Crippen molar-refractivity contribution >= 4 is 51.7 Å². The molecule has 2 amide bonds. The third kappa shape index (κ3) is 3.12. The second kappa shape index (κ2) is 6.96. The third-order valence-corrected chi connectivity index (χ3v) is 5.95. The van der Waals surface area contributed by atoms with Crippen LogP contribution in [0.3, 0.4) is 0 Å². The van der Waals surface area contributed by atoms with Crippen molar-refractivity contribution < 1.29 is 24.3 Å². The second-order valence-electron chi connectivity index (χ2n) is 5.45. The van der Waals surface area contributed by atoms with Crippen molar-refractivity contribution in [3.63, 3.8) is 0 Å². The molecule has 2 unspecified atom stereocenters. The molecule has 4 N–H and O–H groups in total. The number of carboxylic acids is 1. The van der Waals surface area contributed by atoms with Crippen LogP contribution in [0.5, 0.6) is 0 Å². The van der Waals surface area contributed by atoms with E-state index in [0.717, 1.165) is 11.3 Å². The zero-order chi connectivity index (χ0) is 19.0. The average Bonchev–Trinajstić information content (AvgIpc) is 3.02. The van der Waals surface area contributed by atoms with Crippen LogP contribution in [0.25, 0.3) is 0 Å². The maximum Gasteiger partial charge on any atom is 0.334 e. The first-order valence-electron chi connectivity index (χ1n) is 7.39. The first-order valence-corrected chi connectivity index (χ1v) is 9.21. The Hall–Kier alpha value is -2.60. The van der Waals surface area contributed by atoms with Gasteiger partial charge in [-0.1, -0.05) is 5.16 Å². The predicted octanol–water partition coefficient (Wildman–Crippen LogP) is -0.167. The van der Waals surface area contributed by atoms with E-state index in [2.05, 4.69) is 20.3 Å². The number of carbonyl (C=O) groups is 3. The fourth-order valence-corrected chi connectivity index (χ4v) is 4.48. The van der Waals surface area contributed by atoms with Gasteiger partial charge < -0.3 is 25.9 Å². The first kappa shape index (κ1) is 18.2. The minimum Gasteiger partial charge on any atom is -0.478 e. The van der Waals surface area contributed by atoms with E-state index in [0.29, 0.717) is 0 Å². The van der Waals surface area contributed by atoms with Crippen molar-refractivity contribution in [1.29, 1.82) is 0 Å². The number of rotatable bonds is 5. The number of carbonyl (C=O) groups excluding carboxylic acids is 2. The van der Waals surface area contributed by atoms with Crippen molar-refractivity contribution in [1.82, 2.24) is 15.2 Å². The molecule has 3 atom stereocenters. The minimum atomic E-state index is -1.07. The molecule has 0 spiro atoms. The molecule has 1 aromatic rings. The monoisotopic (exact) mass is 397 g/mol. The topological polar surface area (TPSA) is 147 Å². The van der Waals surface area contributed by atoms with Crippen molar-refractivity contribution in [2.45, 2.75) is 23.6 Å². The van der Waals surface area contributed by atoms with Crippen LogP contribution in [0.15, 0.2) is 22.3 Å². The normalized spacial score (nSPS) is 25.1. The quantitative estimate of drug-likeness (QED) is 0.352. The molecular weight excluding hydrogens is 382 g/mol. The molecule has 26 heavy (non-hydrogen) atoms. The summed E-state index contributed by atoms with van der Waals surface area (Å²) in [4.78, 5) is 46.0. The fourth-order valence-electron chi connectivity index (χ4n) is 2.57.